The molecule has 12 unspecified atom stereocenters. The van der Waals surface area contributed by atoms with Gasteiger partial charge >= 0.3 is 0 Å². The molecule has 4 saturated heterocycles. The monoisotopic (exact) mass is 1350 g/mol. The fourth-order valence-corrected chi connectivity index (χ4v) is 15.3. The van der Waals surface area contributed by atoms with Crippen LogP contribution in [0.5, 0.6) is 0 Å². The molecular formula is C76H108N12O10. The lowest BCUT2D eigenvalue weighted by Crippen LogP contribution is -2.58. The van der Waals surface area contributed by atoms with Crippen molar-refractivity contribution in [3.05, 3.63) is 144 Å². The summed E-state index contributed by atoms with van der Waals surface area (Å²) >= 11 is 0. The third-order valence-corrected chi connectivity index (χ3v) is 20.9. The Hall–Kier alpha value is -7.60. The minimum Gasteiger partial charge on any atom is -0.379 e. The molecule has 1 aliphatic carbocycles. The van der Waals surface area contributed by atoms with E-state index in [4.69, 9.17) is 9.47 Å². The van der Waals surface area contributed by atoms with E-state index in [2.05, 4.69) is 77.4 Å². The zero-order chi connectivity index (χ0) is 69.2. The zero-order valence-electron chi connectivity index (χ0n) is 58.0. The van der Waals surface area contributed by atoms with Crippen LogP contribution in [0, 0.1) is 23.7 Å². The Labute approximate surface area is 579 Å². The van der Waals surface area contributed by atoms with Gasteiger partial charge in [-0.25, -0.2) is 0 Å². The fraction of sp³-hybridized carbons (Fsp3) is 0.579. The van der Waals surface area contributed by atoms with Crippen LogP contribution in [0.1, 0.15) is 151 Å². The van der Waals surface area contributed by atoms with Crippen LogP contribution in [-0.2, 0) is 60.9 Å². The van der Waals surface area contributed by atoms with Crippen molar-refractivity contribution < 1.29 is 47.8 Å². The smallest absolute Gasteiger partial charge is 0.247 e. The molecule has 98 heavy (non-hydrogen) atoms. The third-order valence-electron chi connectivity index (χ3n) is 20.9. The van der Waals surface area contributed by atoms with Crippen molar-refractivity contribution in [1.82, 2.24) is 63.0 Å². The maximum Gasteiger partial charge on any atom is 0.247 e. The second-order valence-corrected chi connectivity index (χ2v) is 27.4. The van der Waals surface area contributed by atoms with E-state index in [0.29, 0.717) is 139 Å². The first-order chi connectivity index (χ1) is 47.8. The van der Waals surface area contributed by atoms with Crippen LogP contribution in [0.2, 0.25) is 0 Å². The summed E-state index contributed by atoms with van der Waals surface area (Å²) in [4.78, 5) is 117. The van der Waals surface area contributed by atoms with Gasteiger partial charge in [-0.2, -0.15) is 0 Å². The quantitative estimate of drug-likeness (QED) is 0.0247. The molecule has 0 aromatic heterocycles. The van der Waals surface area contributed by atoms with E-state index >= 15 is 0 Å². The first-order valence-electron chi connectivity index (χ1n) is 36.3. The van der Waals surface area contributed by atoms with Gasteiger partial charge in [-0.1, -0.05) is 135 Å². The molecule has 4 aliphatic heterocycles. The number of amides is 8. The Bertz CT molecular complexity index is 2950. The van der Waals surface area contributed by atoms with Crippen LogP contribution < -0.4 is 53.2 Å². The number of ether oxygens (including phenoxy) is 2. The zero-order valence-corrected chi connectivity index (χ0v) is 58.0. The Kier molecular flexibility index (Phi) is 29.4. The fourth-order valence-electron chi connectivity index (χ4n) is 15.3. The summed E-state index contributed by atoms with van der Waals surface area (Å²) in [6.45, 7) is 8.64. The van der Waals surface area contributed by atoms with Gasteiger partial charge in [0.2, 0.25) is 47.3 Å². The minimum atomic E-state index is -1.02. The molecule has 0 radical (unpaired) electrons. The third kappa shape index (κ3) is 20.7. The highest BCUT2D eigenvalue weighted by Gasteiger charge is 2.50. The van der Waals surface area contributed by atoms with Gasteiger partial charge in [0.25, 0.3) is 0 Å². The van der Waals surface area contributed by atoms with Crippen LogP contribution in [0.15, 0.2) is 121 Å². The van der Waals surface area contributed by atoms with Gasteiger partial charge in [0, 0.05) is 51.5 Å². The second-order valence-electron chi connectivity index (χ2n) is 27.4. The summed E-state index contributed by atoms with van der Waals surface area (Å²) in [7, 11) is 3.46. The number of hydrogen-bond donors (Lipinski definition) is 10. The number of hydrogen-bond acceptors (Lipinski definition) is 14. The number of fused-ring (bicyclic) bond motifs is 2. The number of benzene rings is 4. The van der Waals surface area contributed by atoms with E-state index in [0.717, 1.165) is 36.8 Å². The number of rotatable bonds is 36. The summed E-state index contributed by atoms with van der Waals surface area (Å²) in [5.74, 6) is -2.20. The Balaban J connectivity index is 0.699. The van der Waals surface area contributed by atoms with Crippen molar-refractivity contribution in [2.45, 2.75) is 190 Å². The number of nitrogens with one attached hydrogen (secondary N) is 10. The minimum absolute atomic E-state index is 0.143. The molecule has 4 aromatic carbocycles. The number of likely N-dealkylation sites (N-methyl/N-ethyl adjacent to an activating group) is 2. The molecule has 5 fully saturated rings. The largest absolute Gasteiger partial charge is 0.379 e. The predicted molar refractivity (Wildman–Crippen MR) is 376 cm³/mol. The molecule has 4 heterocycles. The summed E-state index contributed by atoms with van der Waals surface area (Å²) in [6.07, 6.45) is 11.3. The molecule has 9 rings (SSSR count). The van der Waals surface area contributed by atoms with Crippen molar-refractivity contribution in [2.24, 2.45) is 23.7 Å². The molecule has 532 valence electrons. The van der Waals surface area contributed by atoms with Crippen molar-refractivity contribution in [1.29, 1.82) is 0 Å². The Morgan fingerprint density at radius 2 is 0.806 bits per heavy atom. The lowest BCUT2D eigenvalue weighted by atomic mass is 9.83. The Morgan fingerprint density at radius 1 is 0.449 bits per heavy atom. The number of nitrogens with zero attached hydrogens (tertiary/aromatic N) is 2. The van der Waals surface area contributed by atoms with Gasteiger partial charge < -0.3 is 72.4 Å². The van der Waals surface area contributed by atoms with E-state index in [9.17, 15) is 38.4 Å². The maximum atomic E-state index is 14.8. The highest BCUT2D eigenvalue weighted by atomic mass is 16.5. The van der Waals surface area contributed by atoms with Crippen LogP contribution in [0.25, 0.3) is 0 Å². The summed E-state index contributed by atoms with van der Waals surface area (Å²) in [5.41, 5.74) is 3.54. The van der Waals surface area contributed by atoms with Gasteiger partial charge in [0.05, 0.1) is 25.3 Å². The molecule has 8 amide bonds. The average Bonchev–Trinajstić information content (AvgIpc) is 1.63. The molecule has 4 aromatic rings. The standard InChI is InChI=1S/C76H108N12O10/c1-5-61(77-3)69(89)85-67-57(39-41-79-47-51-19-11-7-12-20-51)31-33-59-35-37-63(87(59)75(67)95)71(91)83-65(55-23-15-9-16-24-55)73(93)81-43-45-97-49-53-27-29-54(30-28-53)50-98-46-44-82-74(94)66(56-25-17-10-18-26-56)84-72(92)64-38-36-60-34-32-58(40-42-80-48-52-21-13-8-14-22-52)68(76(96)88(60)64)86-70(90)62(6-2)78-4/h7-26,53-54,57-68,77-80H,5-6,27-50H2,1-4H3,(H,81,93)(H,82,94)(H,83,91)(H,84,92)(H,85,89)(H,86,90). The van der Waals surface area contributed by atoms with Gasteiger partial charge in [0.1, 0.15) is 36.3 Å². The number of carbonyl (C=O) groups is 8. The summed E-state index contributed by atoms with van der Waals surface area (Å²) in [5, 5.41) is 31.4. The average molecular weight is 1350 g/mol. The molecule has 22 nitrogen and oxygen atoms in total. The van der Waals surface area contributed by atoms with E-state index in [-0.39, 0.29) is 85.7 Å². The SMILES string of the molecule is CCC(NC)C(=O)NC1C(=O)N2C(CCC1CCNCc1ccccc1)CCC2C(=O)NC(C(=O)NCCOCC1CCC(COCCNC(=O)C(NC(=O)C2CCC3CCC(CCNCc4ccccc4)C(NC(=O)C(CC)NC)C(=O)N32)c2ccccc2)CC1)c1ccccc1. The van der Waals surface area contributed by atoms with E-state index in [1.807, 2.05) is 86.6 Å². The highest BCUT2D eigenvalue weighted by molar-refractivity contribution is 5.97. The van der Waals surface area contributed by atoms with Crippen LogP contribution >= 0.6 is 0 Å². The van der Waals surface area contributed by atoms with Gasteiger partial charge in [-0.05, 0) is 176 Å². The van der Waals surface area contributed by atoms with Crippen molar-refractivity contribution in [3.8, 4) is 0 Å². The van der Waals surface area contributed by atoms with Gasteiger partial charge in [-0.15, -0.1) is 0 Å². The molecule has 5 aliphatic rings. The summed E-state index contributed by atoms with van der Waals surface area (Å²) in [6, 6.07) is 31.9. The van der Waals surface area contributed by atoms with E-state index < -0.39 is 60.1 Å². The topological polar surface area (TPSA) is 282 Å². The van der Waals surface area contributed by atoms with E-state index in [1.54, 1.807) is 48.2 Å². The van der Waals surface area contributed by atoms with Gasteiger partial charge in [-0.3, -0.25) is 38.4 Å². The molecule has 0 bridgehead atoms. The second kappa shape index (κ2) is 38.7. The van der Waals surface area contributed by atoms with Crippen molar-refractivity contribution in [3.63, 3.8) is 0 Å². The van der Waals surface area contributed by atoms with Crippen molar-refractivity contribution >= 4 is 47.3 Å². The summed E-state index contributed by atoms with van der Waals surface area (Å²) < 4.78 is 12.3. The Morgan fingerprint density at radius 3 is 1.16 bits per heavy atom. The lowest BCUT2D eigenvalue weighted by molar-refractivity contribution is -0.144. The van der Waals surface area contributed by atoms with Crippen LogP contribution in [0.4, 0.5) is 0 Å². The maximum absolute atomic E-state index is 14.8. The predicted octanol–water partition coefficient (Wildman–Crippen LogP) is 5.64. The molecule has 10 N–H and O–H groups in total. The van der Waals surface area contributed by atoms with Crippen LogP contribution in [-0.4, -0.2) is 172 Å². The normalized spacial score (nSPS) is 24.3. The van der Waals surface area contributed by atoms with Gasteiger partial charge in [0.15, 0.2) is 0 Å². The molecule has 1 saturated carbocycles. The lowest BCUT2D eigenvalue weighted by Gasteiger charge is -2.33. The molecule has 0 spiro atoms. The van der Waals surface area contributed by atoms with Crippen molar-refractivity contribution in [2.75, 3.05) is 66.7 Å². The molecule has 12 atom stereocenters. The molecular weight excluding hydrogens is 1240 g/mol. The first-order valence-corrected chi connectivity index (χ1v) is 36.3. The molecule has 22 heteroatoms. The highest BCUT2D eigenvalue weighted by Crippen LogP contribution is 2.38. The first kappa shape index (κ1) is 74.6. The van der Waals surface area contributed by atoms with E-state index in [1.165, 1.54) is 0 Å². The van der Waals surface area contributed by atoms with Crippen LogP contribution in [0.3, 0.4) is 0 Å². The number of carbonyl (C=O) groups excluding carboxylic acids is 8.